The third-order valence-electron chi connectivity index (χ3n) is 3.48. The molecule has 1 aliphatic heterocycles. The number of hydrogen-bond acceptors (Lipinski definition) is 3. The molecule has 0 saturated carbocycles. The van der Waals surface area contributed by atoms with Gasteiger partial charge in [-0.2, -0.15) is 0 Å². The van der Waals surface area contributed by atoms with Crippen LogP contribution in [0.5, 0.6) is 0 Å². The van der Waals surface area contributed by atoms with Crippen molar-refractivity contribution in [2.75, 3.05) is 32.4 Å². The summed E-state index contributed by atoms with van der Waals surface area (Å²) in [5.41, 5.74) is 1.25. The third kappa shape index (κ3) is 4.55. The van der Waals surface area contributed by atoms with Gasteiger partial charge in [0.15, 0.2) is 0 Å². The highest BCUT2D eigenvalue weighted by molar-refractivity contribution is 7.98. The zero-order valence-corrected chi connectivity index (χ0v) is 12.3. The quantitative estimate of drug-likeness (QED) is 0.857. The lowest BCUT2D eigenvalue weighted by atomic mass is 10.1. The molecular weight excluding hydrogens is 256 g/mol. The Labute approximate surface area is 119 Å². The molecule has 19 heavy (non-hydrogen) atoms. The highest BCUT2D eigenvalue weighted by Crippen LogP contribution is 2.16. The van der Waals surface area contributed by atoms with Crippen LogP contribution in [0.3, 0.4) is 0 Å². The second-order valence-electron chi connectivity index (χ2n) is 4.83. The van der Waals surface area contributed by atoms with E-state index in [1.54, 1.807) is 11.8 Å². The summed E-state index contributed by atoms with van der Waals surface area (Å²) in [5.74, 6) is 0.289. The van der Waals surface area contributed by atoms with Crippen LogP contribution in [0.2, 0.25) is 0 Å². The van der Waals surface area contributed by atoms with E-state index in [2.05, 4.69) is 35.8 Å². The van der Waals surface area contributed by atoms with Crippen molar-refractivity contribution in [3.63, 3.8) is 0 Å². The number of nitrogens with zero attached hydrogens (tertiary/aromatic N) is 1. The summed E-state index contributed by atoms with van der Waals surface area (Å²) < 4.78 is 0. The molecule has 1 saturated heterocycles. The summed E-state index contributed by atoms with van der Waals surface area (Å²) in [6.07, 6.45) is 4.61. The number of carbonyl (C=O) groups is 1. The number of thioether (sulfide) groups is 1. The van der Waals surface area contributed by atoms with E-state index in [-0.39, 0.29) is 5.91 Å². The number of benzene rings is 1. The fourth-order valence-corrected chi connectivity index (χ4v) is 2.70. The van der Waals surface area contributed by atoms with Crippen molar-refractivity contribution < 1.29 is 4.79 Å². The van der Waals surface area contributed by atoms with Gasteiger partial charge in [0.2, 0.25) is 5.91 Å². The van der Waals surface area contributed by atoms with Gasteiger partial charge in [0.05, 0.1) is 0 Å². The number of amides is 1. The molecule has 0 aliphatic carbocycles. The Morgan fingerprint density at radius 2 is 2.05 bits per heavy atom. The molecule has 0 atom stereocenters. The fourth-order valence-electron chi connectivity index (χ4n) is 2.30. The van der Waals surface area contributed by atoms with Crippen molar-refractivity contribution >= 4 is 17.7 Å². The zero-order chi connectivity index (χ0) is 13.5. The second-order valence-corrected chi connectivity index (χ2v) is 5.71. The number of hydrogen-bond donors (Lipinski definition) is 1. The molecule has 1 aliphatic rings. The average molecular weight is 278 g/mol. The summed E-state index contributed by atoms with van der Waals surface area (Å²) >= 11 is 1.74. The average Bonchev–Trinajstić information content (AvgIpc) is 2.74. The predicted molar refractivity (Wildman–Crippen MR) is 80.6 cm³/mol. The molecule has 1 aromatic carbocycles. The Bertz CT molecular complexity index is 397. The molecule has 104 valence electrons. The largest absolute Gasteiger partial charge is 0.341 e. The normalized spacial score (nSPS) is 16.2. The predicted octanol–water partition coefficient (Wildman–Crippen LogP) is 2.16. The standard InChI is InChI=1S/C15H22N2OS/c1-19-14-6-3-13(4-7-14)5-8-15(18)17-11-2-9-16-10-12-17/h3-4,6-7,16H,2,5,8-12H2,1H3. The van der Waals surface area contributed by atoms with Crippen molar-refractivity contribution in [1.82, 2.24) is 10.2 Å². The van der Waals surface area contributed by atoms with Gasteiger partial charge in [-0.25, -0.2) is 0 Å². The molecule has 0 aromatic heterocycles. The van der Waals surface area contributed by atoms with Crippen molar-refractivity contribution in [3.8, 4) is 0 Å². The highest BCUT2D eigenvalue weighted by atomic mass is 32.2. The van der Waals surface area contributed by atoms with E-state index in [0.717, 1.165) is 39.0 Å². The molecule has 0 bridgehead atoms. The first-order valence-electron chi connectivity index (χ1n) is 6.91. The van der Waals surface area contributed by atoms with Gasteiger partial charge >= 0.3 is 0 Å². The monoisotopic (exact) mass is 278 g/mol. The van der Waals surface area contributed by atoms with E-state index in [9.17, 15) is 4.79 Å². The van der Waals surface area contributed by atoms with Crippen LogP contribution >= 0.6 is 11.8 Å². The Balaban J connectivity index is 1.81. The Morgan fingerprint density at radius 1 is 1.26 bits per heavy atom. The van der Waals surface area contributed by atoms with E-state index in [1.807, 2.05) is 4.90 Å². The van der Waals surface area contributed by atoms with E-state index in [1.165, 1.54) is 10.5 Å². The van der Waals surface area contributed by atoms with E-state index in [0.29, 0.717) is 6.42 Å². The van der Waals surface area contributed by atoms with Crippen molar-refractivity contribution in [2.24, 2.45) is 0 Å². The number of carbonyl (C=O) groups excluding carboxylic acids is 1. The minimum Gasteiger partial charge on any atom is -0.341 e. The van der Waals surface area contributed by atoms with Crippen LogP contribution in [0, 0.1) is 0 Å². The summed E-state index contributed by atoms with van der Waals surface area (Å²) in [5, 5.41) is 3.32. The molecule has 0 spiro atoms. The molecule has 4 heteroatoms. The zero-order valence-electron chi connectivity index (χ0n) is 11.5. The van der Waals surface area contributed by atoms with Crippen molar-refractivity contribution in [1.29, 1.82) is 0 Å². The minimum absolute atomic E-state index is 0.289. The topological polar surface area (TPSA) is 32.3 Å². The molecule has 2 rings (SSSR count). The van der Waals surface area contributed by atoms with Crippen LogP contribution in [0.15, 0.2) is 29.2 Å². The van der Waals surface area contributed by atoms with E-state index < -0.39 is 0 Å². The Morgan fingerprint density at radius 3 is 2.79 bits per heavy atom. The smallest absolute Gasteiger partial charge is 0.222 e. The summed E-state index contributed by atoms with van der Waals surface area (Å²) in [6, 6.07) is 8.51. The maximum Gasteiger partial charge on any atom is 0.222 e. The third-order valence-corrected chi connectivity index (χ3v) is 4.22. The molecule has 0 radical (unpaired) electrons. The van der Waals surface area contributed by atoms with E-state index in [4.69, 9.17) is 0 Å². The van der Waals surface area contributed by atoms with E-state index >= 15 is 0 Å². The first kappa shape index (κ1) is 14.4. The van der Waals surface area contributed by atoms with Gasteiger partial charge < -0.3 is 10.2 Å². The van der Waals surface area contributed by atoms with Crippen LogP contribution in [0.25, 0.3) is 0 Å². The lowest BCUT2D eigenvalue weighted by Gasteiger charge is -2.19. The lowest BCUT2D eigenvalue weighted by Crippen LogP contribution is -2.34. The molecule has 1 aromatic rings. The van der Waals surface area contributed by atoms with Gasteiger partial charge in [-0.3, -0.25) is 4.79 Å². The molecule has 0 unspecified atom stereocenters. The SMILES string of the molecule is CSc1ccc(CCC(=O)N2CCCNCC2)cc1. The van der Waals surface area contributed by atoms with Crippen LogP contribution < -0.4 is 5.32 Å². The molecule has 1 heterocycles. The maximum atomic E-state index is 12.1. The number of rotatable bonds is 4. The first-order valence-corrected chi connectivity index (χ1v) is 8.13. The Hall–Kier alpha value is -1.00. The molecular formula is C15H22N2OS. The van der Waals surface area contributed by atoms with Gasteiger partial charge in [0.25, 0.3) is 0 Å². The molecule has 3 nitrogen and oxygen atoms in total. The number of aryl methyl sites for hydroxylation is 1. The minimum atomic E-state index is 0.289. The lowest BCUT2D eigenvalue weighted by molar-refractivity contribution is -0.130. The van der Waals surface area contributed by atoms with Crippen LogP contribution in [0.4, 0.5) is 0 Å². The first-order chi connectivity index (χ1) is 9.29. The summed E-state index contributed by atoms with van der Waals surface area (Å²) in [4.78, 5) is 15.4. The van der Waals surface area contributed by atoms with Crippen LogP contribution in [0.1, 0.15) is 18.4 Å². The molecule has 1 amide bonds. The maximum absolute atomic E-state index is 12.1. The fraction of sp³-hybridized carbons (Fsp3) is 0.533. The van der Waals surface area contributed by atoms with Crippen LogP contribution in [-0.2, 0) is 11.2 Å². The number of nitrogens with one attached hydrogen (secondary N) is 1. The molecule has 1 fully saturated rings. The summed E-state index contributed by atoms with van der Waals surface area (Å²) in [6.45, 7) is 3.70. The van der Waals surface area contributed by atoms with Gasteiger partial charge in [-0.1, -0.05) is 12.1 Å². The second kappa shape index (κ2) is 7.56. The highest BCUT2D eigenvalue weighted by Gasteiger charge is 2.14. The van der Waals surface area contributed by atoms with Gasteiger partial charge in [0.1, 0.15) is 0 Å². The van der Waals surface area contributed by atoms with Crippen LogP contribution in [-0.4, -0.2) is 43.2 Å². The Kier molecular flexibility index (Phi) is 5.73. The van der Waals surface area contributed by atoms with Gasteiger partial charge in [-0.05, 0) is 43.3 Å². The van der Waals surface area contributed by atoms with Crippen molar-refractivity contribution in [2.45, 2.75) is 24.2 Å². The van der Waals surface area contributed by atoms with Crippen molar-refractivity contribution in [3.05, 3.63) is 29.8 Å². The molecule has 1 N–H and O–H groups in total. The summed E-state index contributed by atoms with van der Waals surface area (Å²) in [7, 11) is 0. The van der Waals surface area contributed by atoms with Gasteiger partial charge in [0, 0.05) is 31.0 Å². The van der Waals surface area contributed by atoms with Gasteiger partial charge in [-0.15, -0.1) is 11.8 Å².